The van der Waals surface area contributed by atoms with Crippen LogP contribution in [0.15, 0.2) is 53.5 Å². The first-order chi connectivity index (χ1) is 14.1. The van der Waals surface area contributed by atoms with Crippen LogP contribution >= 0.6 is 35.6 Å². The van der Waals surface area contributed by atoms with E-state index in [0.717, 1.165) is 43.6 Å². The van der Waals surface area contributed by atoms with Crippen molar-refractivity contribution in [1.82, 2.24) is 10.2 Å². The van der Waals surface area contributed by atoms with Gasteiger partial charge < -0.3 is 19.7 Å². The van der Waals surface area contributed by atoms with E-state index in [2.05, 4.69) is 39.5 Å². The van der Waals surface area contributed by atoms with E-state index in [1.165, 1.54) is 16.7 Å². The van der Waals surface area contributed by atoms with Gasteiger partial charge in [0.15, 0.2) is 5.96 Å². The standard InChI is InChI=1S/C23H30ClN3O2.HI/c1-25-23(27(2)16-18-6-8-21(24)9-7-18)26-15-19-4-3-5-20(14-19)17-29-22-10-12-28-13-11-22;/h3-9,14,22H,10-13,15-17H2,1-2H3,(H,25,26);1H. The minimum atomic E-state index is 0. The van der Waals surface area contributed by atoms with Crippen LogP contribution in [-0.4, -0.2) is 44.3 Å². The van der Waals surface area contributed by atoms with Gasteiger partial charge in [-0.3, -0.25) is 4.99 Å². The smallest absolute Gasteiger partial charge is 0.193 e. The summed E-state index contributed by atoms with van der Waals surface area (Å²) in [7, 11) is 3.83. The lowest BCUT2D eigenvalue weighted by atomic mass is 10.1. The van der Waals surface area contributed by atoms with E-state index < -0.39 is 0 Å². The molecule has 0 aliphatic carbocycles. The number of aliphatic imine (C=N–C) groups is 1. The Morgan fingerprint density at radius 3 is 2.53 bits per heavy atom. The van der Waals surface area contributed by atoms with Gasteiger partial charge in [0.1, 0.15) is 0 Å². The van der Waals surface area contributed by atoms with E-state index in [-0.39, 0.29) is 24.0 Å². The molecule has 1 fully saturated rings. The Morgan fingerprint density at radius 2 is 1.83 bits per heavy atom. The van der Waals surface area contributed by atoms with Gasteiger partial charge in [-0.05, 0) is 41.7 Å². The van der Waals surface area contributed by atoms with Crippen LogP contribution in [0, 0.1) is 0 Å². The molecule has 0 amide bonds. The molecular weight excluding hydrogens is 513 g/mol. The minimum absolute atomic E-state index is 0. The Morgan fingerprint density at radius 1 is 1.13 bits per heavy atom. The van der Waals surface area contributed by atoms with Crippen LogP contribution in [0.1, 0.15) is 29.5 Å². The monoisotopic (exact) mass is 543 g/mol. The number of rotatable bonds is 7. The lowest BCUT2D eigenvalue weighted by Gasteiger charge is -2.23. The van der Waals surface area contributed by atoms with Gasteiger partial charge in [0.25, 0.3) is 0 Å². The van der Waals surface area contributed by atoms with Gasteiger partial charge in [0.05, 0.1) is 12.7 Å². The van der Waals surface area contributed by atoms with Crippen molar-refractivity contribution in [2.75, 3.05) is 27.3 Å². The highest BCUT2D eigenvalue weighted by atomic mass is 127. The predicted molar refractivity (Wildman–Crippen MR) is 134 cm³/mol. The first-order valence-electron chi connectivity index (χ1n) is 10.1. The van der Waals surface area contributed by atoms with Crippen molar-refractivity contribution in [1.29, 1.82) is 0 Å². The molecular formula is C23H31ClIN3O2. The number of nitrogens with zero attached hydrogens (tertiary/aromatic N) is 2. The highest BCUT2D eigenvalue weighted by Gasteiger charge is 2.14. The van der Waals surface area contributed by atoms with E-state index in [1.54, 1.807) is 7.05 Å². The second-order valence-electron chi connectivity index (χ2n) is 7.33. The van der Waals surface area contributed by atoms with Crippen LogP contribution in [0.25, 0.3) is 0 Å². The summed E-state index contributed by atoms with van der Waals surface area (Å²) in [5.41, 5.74) is 3.59. The molecule has 3 rings (SSSR count). The van der Waals surface area contributed by atoms with Crippen LogP contribution in [0.5, 0.6) is 0 Å². The molecule has 0 radical (unpaired) electrons. The van der Waals surface area contributed by atoms with Gasteiger partial charge >= 0.3 is 0 Å². The normalized spacial score (nSPS) is 14.8. The van der Waals surface area contributed by atoms with Gasteiger partial charge in [-0.25, -0.2) is 0 Å². The second kappa shape index (κ2) is 13.1. The van der Waals surface area contributed by atoms with Crippen molar-refractivity contribution < 1.29 is 9.47 Å². The molecule has 30 heavy (non-hydrogen) atoms. The van der Waals surface area contributed by atoms with Crippen molar-refractivity contribution in [2.45, 2.75) is 38.6 Å². The molecule has 1 heterocycles. The third-order valence-corrected chi connectivity index (χ3v) is 5.25. The predicted octanol–water partition coefficient (Wildman–Crippen LogP) is 4.86. The molecule has 1 aliphatic rings. The van der Waals surface area contributed by atoms with E-state index >= 15 is 0 Å². The fraction of sp³-hybridized carbons (Fsp3) is 0.435. The van der Waals surface area contributed by atoms with Gasteiger partial charge in [0, 0.05) is 45.4 Å². The van der Waals surface area contributed by atoms with Gasteiger partial charge in [0.2, 0.25) is 0 Å². The van der Waals surface area contributed by atoms with Crippen molar-refractivity contribution >= 4 is 41.5 Å². The zero-order valence-corrected chi connectivity index (χ0v) is 20.7. The molecule has 0 saturated carbocycles. The average molecular weight is 544 g/mol. The van der Waals surface area contributed by atoms with Gasteiger partial charge in [-0.15, -0.1) is 24.0 Å². The van der Waals surface area contributed by atoms with E-state index in [4.69, 9.17) is 21.1 Å². The van der Waals surface area contributed by atoms with Crippen LogP contribution < -0.4 is 5.32 Å². The molecule has 0 unspecified atom stereocenters. The van der Waals surface area contributed by atoms with E-state index in [0.29, 0.717) is 19.3 Å². The first kappa shape index (κ1) is 24.9. The summed E-state index contributed by atoms with van der Waals surface area (Å²) in [5, 5.41) is 4.19. The number of benzene rings is 2. The molecule has 0 spiro atoms. The van der Waals surface area contributed by atoms with Crippen LogP contribution in [0.2, 0.25) is 5.02 Å². The minimum Gasteiger partial charge on any atom is -0.381 e. The van der Waals surface area contributed by atoms with Crippen molar-refractivity contribution in [2.24, 2.45) is 4.99 Å². The lowest BCUT2D eigenvalue weighted by molar-refractivity contribution is -0.0390. The molecule has 0 bridgehead atoms. The Balaban J connectivity index is 0.00000320. The third kappa shape index (κ3) is 8.06. The molecule has 2 aromatic carbocycles. The summed E-state index contributed by atoms with van der Waals surface area (Å²) in [6.07, 6.45) is 2.28. The van der Waals surface area contributed by atoms with Crippen molar-refractivity contribution in [3.05, 3.63) is 70.2 Å². The summed E-state index contributed by atoms with van der Waals surface area (Å²) >= 11 is 5.97. The number of halogens is 2. The Kier molecular flexibility index (Phi) is 10.9. The number of guanidine groups is 1. The number of nitrogens with one attached hydrogen (secondary N) is 1. The SMILES string of the molecule is CN=C(NCc1cccc(COC2CCOCC2)c1)N(C)Cc1ccc(Cl)cc1.I. The Bertz CT molecular complexity index is 795. The first-order valence-corrected chi connectivity index (χ1v) is 10.4. The van der Waals surface area contributed by atoms with E-state index in [9.17, 15) is 0 Å². The molecule has 2 aromatic rings. The Hall–Kier alpha value is -1.35. The zero-order chi connectivity index (χ0) is 20.5. The third-order valence-electron chi connectivity index (χ3n) is 5.00. The second-order valence-corrected chi connectivity index (χ2v) is 7.76. The van der Waals surface area contributed by atoms with E-state index in [1.807, 2.05) is 31.3 Å². The average Bonchev–Trinajstić information content (AvgIpc) is 2.75. The molecule has 0 aromatic heterocycles. The maximum Gasteiger partial charge on any atom is 0.193 e. The summed E-state index contributed by atoms with van der Waals surface area (Å²) in [4.78, 5) is 6.50. The fourth-order valence-corrected chi connectivity index (χ4v) is 3.52. The van der Waals surface area contributed by atoms with Crippen molar-refractivity contribution in [3.63, 3.8) is 0 Å². The molecule has 1 N–H and O–H groups in total. The number of hydrogen-bond donors (Lipinski definition) is 1. The summed E-state index contributed by atoms with van der Waals surface area (Å²) < 4.78 is 11.4. The van der Waals surface area contributed by atoms with Crippen LogP contribution in [0.4, 0.5) is 0 Å². The largest absolute Gasteiger partial charge is 0.381 e. The van der Waals surface area contributed by atoms with Crippen LogP contribution in [-0.2, 0) is 29.2 Å². The number of ether oxygens (including phenoxy) is 2. The quantitative estimate of drug-likeness (QED) is 0.308. The maximum absolute atomic E-state index is 6.04. The topological polar surface area (TPSA) is 46.1 Å². The lowest BCUT2D eigenvalue weighted by Crippen LogP contribution is -2.38. The van der Waals surface area contributed by atoms with Crippen molar-refractivity contribution in [3.8, 4) is 0 Å². The Labute approximate surface area is 201 Å². The highest BCUT2D eigenvalue weighted by Crippen LogP contribution is 2.15. The fourth-order valence-electron chi connectivity index (χ4n) is 3.39. The van der Waals surface area contributed by atoms with Gasteiger partial charge in [-0.1, -0.05) is 48.0 Å². The maximum atomic E-state index is 6.04. The number of hydrogen-bond acceptors (Lipinski definition) is 3. The highest BCUT2D eigenvalue weighted by molar-refractivity contribution is 14.0. The molecule has 1 saturated heterocycles. The summed E-state index contributed by atoms with van der Waals surface area (Å²) in [6, 6.07) is 16.4. The molecule has 164 valence electrons. The molecule has 5 nitrogen and oxygen atoms in total. The van der Waals surface area contributed by atoms with Gasteiger partial charge in [-0.2, -0.15) is 0 Å². The molecule has 0 atom stereocenters. The van der Waals surface area contributed by atoms with Crippen LogP contribution in [0.3, 0.4) is 0 Å². The molecule has 7 heteroatoms. The zero-order valence-electron chi connectivity index (χ0n) is 17.6. The summed E-state index contributed by atoms with van der Waals surface area (Å²) in [5.74, 6) is 0.851. The molecule has 1 aliphatic heterocycles. The summed E-state index contributed by atoms with van der Waals surface area (Å²) in [6.45, 7) is 3.72.